The third-order valence-corrected chi connectivity index (χ3v) is 7.48. The highest BCUT2D eigenvalue weighted by molar-refractivity contribution is 6.07. The number of aromatic nitrogens is 2. The Bertz CT molecular complexity index is 1740. The number of fused-ring (bicyclic) bond motifs is 2. The summed E-state index contributed by atoms with van der Waals surface area (Å²) in [5, 5.41) is 2.31. The number of nitrogens with zero attached hydrogens (tertiary/aromatic N) is 3. The molecule has 41 heavy (non-hydrogen) atoms. The number of rotatable bonds is 10. The average Bonchev–Trinajstić information content (AvgIpc) is 3.02. The summed E-state index contributed by atoms with van der Waals surface area (Å²) in [4.78, 5) is 47.1. The van der Waals surface area contributed by atoms with Gasteiger partial charge in [-0.05, 0) is 47.4 Å². The zero-order valence-corrected chi connectivity index (χ0v) is 23.3. The van der Waals surface area contributed by atoms with Crippen LogP contribution in [0.1, 0.15) is 47.6 Å². The van der Waals surface area contributed by atoms with Gasteiger partial charge in [0.25, 0.3) is 11.5 Å². The first-order chi connectivity index (χ1) is 20.0. The maximum absolute atomic E-state index is 14.5. The summed E-state index contributed by atoms with van der Waals surface area (Å²) in [6.07, 6.45) is 1.17. The van der Waals surface area contributed by atoms with E-state index in [0.717, 1.165) is 16.3 Å². The van der Waals surface area contributed by atoms with Gasteiger partial charge in [-0.25, -0.2) is 4.98 Å². The van der Waals surface area contributed by atoms with Gasteiger partial charge >= 0.3 is 5.97 Å². The number of hydrogen-bond donors (Lipinski definition) is 0. The summed E-state index contributed by atoms with van der Waals surface area (Å²) < 4.78 is 6.40. The number of benzene rings is 4. The zero-order valence-electron chi connectivity index (χ0n) is 23.3. The standard InChI is InChI=1S/C34H33N3O4/c1-3-30(32-35-29-19-10-9-17-28(29)34(40)37(32)23-21-31(38)41-2)36(22-20-24-12-5-4-6-13-24)33(39)27-18-11-15-25-14-7-8-16-26(25)27/h4-19,30H,3,20-23H2,1-2H3. The lowest BCUT2D eigenvalue weighted by atomic mass is 10.0. The summed E-state index contributed by atoms with van der Waals surface area (Å²) in [6.45, 7) is 2.51. The molecule has 0 saturated heterocycles. The van der Waals surface area contributed by atoms with Crippen LogP contribution in [-0.2, 0) is 22.5 Å². The van der Waals surface area contributed by atoms with Gasteiger partial charge in [0.05, 0.1) is 30.5 Å². The SMILES string of the molecule is CCC(c1nc2ccccc2c(=O)n1CCC(=O)OC)N(CCc1ccccc1)C(=O)c1cccc2ccccc12. The number of carbonyl (C=O) groups excluding carboxylic acids is 2. The van der Waals surface area contributed by atoms with Gasteiger partial charge in [-0.15, -0.1) is 0 Å². The number of para-hydroxylation sites is 1. The lowest BCUT2D eigenvalue weighted by molar-refractivity contribution is -0.140. The van der Waals surface area contributed by atoms with Crippen LogP contribution in [-0.4, -0.2) is 40.0 Å². The molecule has 0 aliphatic rings. The fraction of sp³-hybridized carbons (Fsp3) is 0.235. The normalized spacial score (nSPS) is 11.9. The molecule has 208 valence electrons. The molecular weight excluding hydrogens is 514 g/mol. The minimum absolute atomic E-state index is 0.0150. The Morgan fingerprint density at radius 1 is 0.878 bits per heavy atom. The molecule has 4 aromatic carbocycles. The third kappa shape index (κ3) is 5.89. The van der Waals surface area contributed by atoms with Crippen molar-refractivity contribution in [2.24, 2.45) is 0 Å². The molecule has 0 aliphatic heterocycles. The quantitative estimate of drug-likeness (QED) is 0.202. The molecule has 0 spiro atoms. The van der Waals surface area contributed by atoms with Crippen molar-refractivity contribution < 1.29 is 14.3 Å². The second-order valence-electron chi connectivity index (χ2n) is 9.95. The van der Waals surface area contributed by atoms with E-state index in [1.54, 1.807) is 22.8 Å². The molecule has 1 unspecified atom stereocenters. The highest BCUT2D eigenvalue weighted by Gasteiger charge is 2.30. The molecule has 5 rings (SSSR count). The number of carbonyl (C=O) groups is 2. The Balaban J connectivity index is 1.65. The van der Waals surface area contributed by atoms with Crippen LogP contribution in [0.3, 0.4) is 0 Å². The number of ether oxygens (including phenoxy) is 1. The van der Waals surface area contributed by atoms with Crippen molar-refractivity contribution in [2.45, 2.75) is 38.8 Å². The molecule has 1 heterocycles. The molecule has 0 bridgehead atoms. The first-order valence-corrected chi connectivity index (χ1v) is 13.9. The maximum Gasteiger partial charge on any atom is 0.307 e. The van der Waals surface area contributed by atoms with Crippen LogP contribution in [0.2, 0.25) is 0 Å². The van der Waals surface area contributed by atoms with E-state index in [9.17, 15) is 14.4 Å². The smallest absolute Gasteiger partial charge is 0.307 e. The van der Waals surface area contributed by atoms with Crippen molar-refractivity contribution in [3.63, 3.8) is 0 Å². The van der Waals surface area contributed by atoms with Crippen LogP contribution < -0.4 is 5.56 Å². The van der Waals surface area contributed by atoms with E-state index in [1.807, 2.05) is 90.7 Å². The van der Waals surface area contributed by atoms with Crippen LogP contribution in [0.25, 0.3) is 21.7 Å². The van der Waals surface area contributed by atoms with E-state index in [-0.39, 0.29) is 24.4 Å². The fourth-order valence-electron chi connectivity index (χ4n) is 5.36. The predicted octanol–water partition coefficient (Wildman–Crippen LogP) is 5.95. The third-order valence-electron chi connectivity index (χ3n) is 7.48. The van der Waals surface area contributed by atoms with Gasteiger partial charge in [0, 0.05) is 18.7 Å². The number of esters is 1. The van der Waals surface area contributed by atoms with Crippen LogP contribution in [0.4, 0.5) is 0 Å². The van der Waals surface area contributed by atoms with Gasteiger partial charge in [0.2, 0.25) is 0 Å². The van der Waals surface area contributed by atoms with Crippen molar-refractivity contribution in [1.82, 2.24) is 14.5 Å². The predicted molar refractivity (Wildman–Crippen MR) is 161 cm³/mol. The van der Waals surface area contributed by atoms with Gasteiger partial charge < -0.3 is 9.64 Å². The molecule has 0 radical (unpaired) electrons. The lowest BCUT2D eigenvalue weighted by Gasteiger charge is -2.33. The largest absolute Gasteiger partial charge is 0.469 e. The summed E-state index contributed by atoms with van der Waals surface area (Å²) in [5.41, 5.74) is 2.01. The maximum atomic E-state index is 14.5. The molecule has 1 amide bonds. The molecule has 7 heteroatoms. The lowest BCUT2D eigenvalue weighted by Crippen LogP contribution is -2.40. The van der Waals surface area contributed by atoms with E-state index >= 15 is 0 Å². The first-order valence-electron chi connectivity index (χ1n) is 13.9. The highest BCUT2D eigenvalue weighted by atomic mass is 16.5. The molecular formula is C34H33N3O4. The van der Waals surface area contributed by atoms with Gasteiger partial charge in [-0.3, -0.25) is 19.0 Å². The van der Waals surface area contributed by atoms with Crippen LogP contribution >= 0.6 is 0 Å². The van der Waals surface area contributed by atoms with E-state index in [0.29, 0.717) is 41.7 Å². The number of amides is 1. The van der Waals surface area contributed by atoms with Gasteiger partial charge in [-0.2, -0.15) is 0 Å². The number of hydrogen-bond acceptors (Lipinski definition) is 5. The summed E-state index contributed by atoms with van der Waals surface area (Å²) in [7, 11) is 1.33. The Kier molecular flexibility index (Phi) is 8.53. The van der Waals surface area contributed by atoms with E-state index in [4.69, 9.17) is 9.72 Å². The second-order valence-corrected chi connectivity index (χ2v) is 9.95. The van der Waals surface area contributed by atoms with Crippen LogP contribution in [0.15, 0.2) is 102 Å². The first kappa shape index (κ1) is 27.8. The van der Waals surface area contributed by atoms with Crippen molar-refractivity contribution in [3.8, 4) is 0 Å². The molecule has 7 nitrogen and oxygen atoms in total. The van der Waals surface area contributed by atoms with Gasteiger partial charge in [-0.1, -0.05) is 85.8 Å². The van der Waals surface area contributed by atoms with E-state index < -0.39 is 12.0 Å². The minimum atomic E-state index is -0.514. The van der Waals surface area contributed by atoms with Gasteiger partial charge in [0.15, 0.2) is 0 Å². The molecule has 0 fully saturated rings. The topological polar surface area (TPSA) is 81.5 Å². The monoisotopic (exact) mass is 547 g/mol. The molecule has 1 atom stereocenters. The van der Waals surface area contributed by atoms with E-state index in [1.165, 1.54) is 7.11 Å². The van der Waals surface area contributed by atoms with Crippen molar-refractivity contribution in [2.75, 3.05) is 13.7 Å². The Labute approximate surface area is 239 Å². The molecule has 0 saturated carbocycles. The van der Waals surface area contributed by atoms with Crippen LogP contribution in [0.5, 0.6) is 0 Å². The molecule has 0 N–H and O–H groups in total. The molecule has 5 aromatic rings. The van der Waals surface area contributed by atoms with Crippen molar-refractivity contribution >= 4 is 33.6 Å². The average molecular weight is 548 g/mol. The Morgan fingerprint density at radius 3 is 2.32 bits per heavy atom. The molecule has 0 aliphatic carbocycles. The van der Waals surface area contributed by atoms with E-state index in [2.05, 4.69) is 0 Å². The zero-order chi connectivity index (χ0) is 28.8. The Hall–Kier alpha value is -4.78. The molecule has 1 aromatic heterocycles. The summed E-state index contributed by atoms with van der Waals surface area (Å²) in [5.74, 6) is -0.0925. The summed E-state index contributed by atoms with van der Waals surface area (Å²) >= 11 is 0. The van der Waals surface area contributed by atoms with Crippen molar-refractivity contribution in [1.29, 1.82) is 0 Å². The summed E-state index contributed by atoms with van der Waals surface area (Å²) in [6, 6.07) is 30.3. The fourth-order valence-corrected chi connectivity index (χ4v) is 5.36. The second kappa shape index (κ2) is 12.6. The van der Waals surface area contributed by atoms with Crippen molar-refractivity contribution in [3.05, 3.63) is 124 Å². The Morgan fingerprint density at radius 2 is 1.56 bits per heavy atom. The van der Waals surface area contributed by atoms with Gasteiger partial charge in [0.1, 0.15) is 5.82 Å². The minimum Gasteiger partial charge on any atom is -0.469 e. The van der Waals surface area contributed by atoms with Crippen LogP contribution in [0, 0.1) is 0 Å². The number of methoxy groups -OCH3 is 1. The highest BCUT2D eigenvalue weighted by Crippen LogP contribution is 2.29.